The van der Waals surface area contributed by atoms with Gasteiger partial charge in [-0.25, -0.2) is 0 Å². The minimum absolute atomic E-state index is 0.612. The summed E-state index contributed by atoms with van der Waals surface area (Å²) in [6, 6.07) is 2.64. The molecule has 12 fully saturated rings. The molecule has 9 aliphatic carbocycles. The molecule has 3 aliphatic heterocycles. The molecule has 3 heterocycles. The summed E-state index contributed by atoms with van der Waals surface area (Å²) >= 11 is 5.23. The second kappa shape index (κ2) is 16.4. The standard InChI is InChI=1S/C52H83NOS2/c1-2-10-32(11-3-1)35-22-20-34-21-23-36(31-37(34)30-35)33-24-26-38(27-25-33)53(44-16-8-14-40-39-12-5-7-19-48(39)55-50(40)44)45-17-9-15-41-42-28-29-47-49(52(42)56-51(41)45)43-13-4-6-18-46(43)54-47/h32-52H,1-31H2. The van der Waals surface area contributed by atoms with Crippen LogP contribution in [0.25, 0.3) is 0 Å². The Hall–Kier alpha value is 0.620. The zero-order valence-corrected chi connectivity index (χ0v) is 37.3. The Kier molecular flexibility index (Phi) is 11.2. The fourth-order valence-corrected chi connectivity index (χ4v) is 23.7. The Morgan fingerprint density at radius 2 is 0.893 bits per heavy atom. The molecule has 0 aromatic rings. The molecular weight excluding hydrogens is 719 g/mol. The van der Waals surface area contributed by atoms with E-state index in [9.17, 15) is 0 Å². The molecule has 0 bridgehead atoms. The van der Waals surface area contributed by atoms with Crippen LogP contribution in [0.3, 0.4) is 0 Å². The molecule has 0 radical (unpaired) electrons. The van der Waals surface area contributed by atoms with E-state index in [1.165, 1.54) is 83.5 Å². The SMILES string of the molecule is C1CCC(C2CCC3CCC(C4CCC(N(C5CCCC6C7CCCCC7SC65)C5CCCC6C7CCC8OC9CCCCC9C8C7SC65)CC4)CC3C2)CC1. The van der Waals surface area contributed by atoms with Crippen LogP contribution >= 0.6 is 23.5 Å². The average Bonchev–Trinajstić information content (AvgIpc) is 3.96. The summed E-state index contributed by atoms with van der Waals surface area (Å²) in [5, 5.41) is 3.81. The predicted octanol–water partition coefficient (Wildman–Crippen LogP) is 13.7. The van der Waals surface area contributed by atoms with Crippen LogP contribution in [0.4, 0.5) is 0 Å². The molecule has 0 aromatic carbocycles. The van der Waals surface area contributed by atoms with Gasteiger partial charge in [-0.3, -0.25) is 4.90 Å². The van der Waals surface area contributed by atoms with Crippen molar-refractivity contribution in [3.05, 3.63) is 0 Å². The molecule has 3 saturated heterocycles. The summed E-state index contributed by atoms with van der Waals surface area (Å²) in [4.78, 5) is 3.51. The molecule has 9 saturated carbocycles. The van der Waals surface area contributed by atoms with Crippen LogP contribution in [-0.2, 0) is 4.74 Å². The average molecular weight is 802 g/mol. The number of nitrogens with zero attached hydrogens (tertiary/aromatic N) is 1. The van der Waals surface area contributed by atoms with Gasteiger partial charge in [-0.2, -0.15) is 23.5 Å². The van der Waals surface area contributed by atoms with Crippen LogP contribution in [0.15, 0.2) is 0 Å². The van der Waals surface area contributed by atoms with E-state index in [1.54, 1.807) is 116 Å². The second-order valence-corrected chi connectivity index (χ2v) is 26.3. The molecule has 18 unspecified atom stereocenters. The summed E-state index contributed by atoms with van der Waals surface area (Å²) in [6.07, 6.45) is 49.0. The third-order valence-electron chi connectivity index (χ3n) is 21.4. The van der Waals surface area contributed by atoms with Crippen LogP contribution in [0.2, 0.25) is 0 Å². The Morgan fingerprint density at radius 1 is 0.339 bits per heavy atom. The molecule has 0 spiro atoms. The highest BCUT2D eigenvalue weighted by atomic mass is 32.2. The van der Waals surface area contributed by atoms with Crippen molar-refractivity contribution in [2.75, 3.05) is 0 Å². The Balaban J connectivity index is 0.783. The number of hydrogen-bond donors (Lipinski definition) is 0. The topological polar surface area (TPSA) is 12.5 Å². The molecule has 314 valence electrons. The first kappa shape index (κ1) is 38.3. The van der Waals surface area contributed by atoms with Gasteiger partial charge >= 0.3 is 0 Å². The summed E-state index contributed by atoms with van der Waals surface area (Å²) in [5.74, 6) is 12.4. The van der Waals surface area contributed by atoms with Crippen LogP contribution in [0, 0.1) is 71.0 Å². The van der Waals surface area contributed by atoms with E-state index in [0.717, 1.165) is 110 Å². The van der Waals surface area contributed by atoms with Crippen molar-refractivity contribution in [1.29, 1.82) is 0 Å². The zero-order chi connectivity index (χ0) is 36.7. The lowest BCUT2D eigenvalue weighted by Gasteiger charge is -2.54. The fourth-order valence-electron chi connectivity index (χ4n) is 19.0. The third kappa shape index (κ3) is 6.83. The number of rotatable bonds is 5. The number of thioether (sulfide) groups is 2. The van der Waals surface area contributed by atoms with E-state index in [2.05, 4.69) is 28.4 Å². The lowest BCUT2D eigenvalue weighted by Crippen LogP contribution is -2.60. The summed E-state index contributed by atoms with van der Waals surface area (Å²) in [7, 11) is 0. The van der Waals surface area contributed by atoms with Crippen molar-refractivity contribution in [2.24, 2.45) is 71.0 Å². The first-order valence-corrected chi connectivity index (χ1v) is 28.4. The summed E-state index contributed by atoms with van der Waals surface area (Å²) in [5.41, 5.74) is 0. The molecule has 12 rings (SSSR count). The predicted molar refractivity (Wildman–Crippen MR) is 237 cm³/mol. The molecule has 4 heteroatoms. The van der Waals surface area contributed by atoms with Crippen LogP contribution < -0.4 is 0 Å². The van der Waals surface area contributed by atoms with E-state index in [4.69, 9.17) is 4.74 Å². The van der Waals surface area contributed by atoms with E-state index < -0.39 is 0 Å². The monoisotopic (exact) mass is 802 g/mol. The fraction of sp³-hybridized carbons (Fsp3) is 1.00. The van der Waals surface area contributed by atoms with Gasteiger partial charge in [0, 0.05) is 45.0 Å². The maximum absolute atomic E-state index is 6.98. The van der Waals surface area contributed by atoms with Gasteiger partial charge in [-0.15, -0.1) is 0 Å². The summed E-state index contributed by atoms with van der Waals surface area (Å²) in [6.45, 7) is 0. The Labute approximate surface area is 352 Å². The Morgan fingerprint density at radius 3 is 1.66 bits per heavy atom. The molecule has 0 aromatic heterocycles. The van der Waals surface area contributed by atoms with Crippen LogP contribution in [-0.4, -0.2) is 56.2 Å². The van der Waals surface area contributed by atoms with E-state index >= 15 is 0 Å². The van der Waals surface area contributed by atoms with Gasteiger partial charge in [0.1, 0.15) is 0 Å². The van der Waals surface area contributed by atoms with E-state index in [0.29, 0.717) is 12.2 Å². The van der Waals surface area contributed by atoms with Gasteiger partial charge < -0.3 is 4.74 Å². The highest BCUT2D eigenvalue weighted by Crippen LogP contribution is 2.64. The zero-order valence-electron chi connectivity index (χ0n) is 35.7. The van der Waals surface area contributed by atoms with Crippen molar-refractivity contribution in [1.82, 2.24) is 4.90 Å². The lowest BCUT2D eigenvalue weighted by atomic mass is 9.59. The normalized spacial score (nSPS) is 54.6. The maximum atomic E-state index is 6.98. The molecule has 56 heavy (non-hydrogen) atoms. The van der Waals surface area contributed by atoms with Gasteiger partial charge in [0.2, 0.25) is 0 Å². The number of ether oxygens (including phenoxy) is 1. The first-order chi connectivity index (χ1) is 27.7. The second-order valence-electron chi connectivity index (χ2n) is 23.5. The van der Waals surface area contributed by atoms with Gasteiger partial charge in [-0.1, -0.05) is 70.6 Å². The van der Waals surface area contributed by atoms with Gasteiger partial charge in [0.25, 0.3) is 0 Å². The molecule has 0 amide bonds. The lowest BCUT2D eigenvalue weighted by molar-refractivity contribution is -0.0186. The Bertz CT molecular complexity index is 1340. The quantitative estimate of drug-likeness (QED) is 0.274. The molecule has 0 N–H and O–H groups in total. The molecular formula is C52H83NOS2. The van der Waals surface area contributed by atoms with Crippen LogP contribution in [0.5, 0.6) is 0 Å². The van der Waals surface area contributed by atoms with E-state index in [1.807, 2.05) is 0 Å². The minimum Gasteiger partial charge on any atom is -0.374 e. The van der Waals surface area contributed by atoms with Crippen molar-refractivity contribution in [3.63, 3.8) is 0 Å². The van der Waals surface area contributed by atoms with Gasteiger partial charge in [0.15, 0.2) is 0 Å². The molecule has 2 nitrogen and oxygen atoms in total. The highest BCUT2D eigenvalue weighted by Gasteiger charge is 2.61. The summed E-state index contributed by atoms with van der Waals surface area (Å²) < 4.78 is 6.98. The maximum Gasteiger partial charge on any atom is 0.0621 e. The van der Waals surface area contributed by atoms with Crippen molar-refractivity contribution < 1.29 is 4.74 Å². The van der Waals surface area contributed by atoms with Crippen molar-refractivity contribution in [3.8, 4) is 0 Å². The third-order valence-corrected chi connectivity index (χ3v) is 25.3. The van der Waals surface area contributed by atoms with Crippen molar-refractivity contribution in [2.45, 2.75) is 250 Å². The van der Waals surface area contributed by atoms with Crippen molar-refractivity contribution >= 4 is 23.5 Å². The van der Waals surface area contributed by atoms with E-state index in [-0.39, 0.29) is 0 Å². The molecule has 18 atom stereocenters. The minimum atomic E-state index is 0.612. The highest BCUT2D eigenvalue weighted by molar-refractivity contribution is 8.01. The number of hydrogen-bond acceptors (Lipinski definition) is 4. The largest absolute Gasteiger partial charge is 0.374 e. The smallest absolute Gasteiger partial charge is 0.0621 e. The molecule has 12 aliphatic rings. The number of fused-ring (bicyclic) bond motifs is 11. The first-order valence-electron chi connectivity index (χ1n) is 26.5. The van der Waals surface area contributed by atoms with Gasteiger partial charge in [-0.05, 0) is 194 Å². The van der Waals surface area contributed by atoms with Crippen LogP contribution in [0.1, 0.15) is 199 Å². The van der Waals surface area contributed by atoms with Gasteiger partial charge in [0.05, 0.1) is 12.2 Å².